The molecule has 1 aromatic carbocycles. The molecule has 104 valence electrons. The lowest BCUT2D eigenvalue weighted by Gasteiger charge is -2.23. The van der Waals surface area contributed by atoms with Crippen LogP contribution in [-0.4, -0.2) is 40.9 Å². The zero-order valence-corrected chi connectivity index (χ0v) is 13.1. The third kappa shape index (κ3) is 4.82. The van der Waals surface area contributed by atoms with Crippen molar-refractivity contribution in [3.05, 3.63) is 28.7 Å². The minimum atomic E-state index is -0.703. The molecule has 0 spiro atoms. The highest BCUT2D eigenvalue weighted by Gasteiger charge is 2.24. The normalized spacial score (nSPS) is 19.7. The van der Waals surface area contributed by atoms with Crippen LogP contribution in [0.5, 0.6) is 0 Å². The van der Waals surface area contributed by atoms with Crippen molar-refractivity contribution in [2.45, 2.75) is 30.2 Å². The molecule has 0 bridgehead atoms. The third-order valence-electron chi connectivity index (χ3n) is 3.37. The summed E-state index contributed by atoms with van der Waals surface area (Å²) < 4.78 is 1.10. The van der Waals surface area contributed by atoms with Gasteiger partial charge in [0.05, 0.1) is 6.42 Å². The zero-order valence-electron chi connectivity index (χ0n) is 10.7. The monoisotopic (exact) mass is 343 g/mol. The second-order valence-corrected chi connectivity index (χ2v) is 6.75. The van der Waals surface area contributed by atoms with E-state index in [4.69, 9.17) is 5.11 Å². The molecular formula is C14H18BrNO2S. The second-order valence-electron chi connectivity index (χ2n) is 4.74. The van der Waals surface area contributed by atoms with Crippen LogP contribution in [0.1, 0.15) is 19.3 Å². The van der Waals surface area contributed by atoms with Crippen LogP contribution < -0.4 is 0 Å². The van der Waals surface area contributed by atoms with E-state index in [-0.39, 0.29) is 6.42 Å². The Morgan fingerprint density at radius 3 is 2.84 bits per heavy atom. The lowest BCUT2D eigenvalue weighted by Crippen LogP contribution is -2.33. The smallest absolute Gasteiger partial charge is 0.304 e. The molecule has 1 saturated heterocycles. The number of rotatable bonds is 6. The third-order valence-corrected chi connectivity index (χ3v) is 5.05. The van der Waals surface area contributed by atoms with Gasteiger partial charge in [-0.25, -0.2) is 0 Å². The summed E-state index contributed by atoms with van der Waals surface area (Å²) in [5.74, 6) is 0.340. The quantitative estimate of drug-likeness (QED) is 0.802. The summed E-state index contributed by atoms with van der Waals surface area (Å²) in [5.41, 5.74) is 0. The SMILES string of the molecule is O=C(O)CCN1CCC[C@@H]1CSc1ccc(Br)cc1. The van der Waals surface area contributed by atoms with Crippen LogP contribution in [0, 0.1) is 0 Å². The number of likely N-dealkylation sites (tertiary alicyclic amines) is 1. The molecule has 3 nitrogen and oxygen atoms in total. The van der Waals surface area contributed by atoms with Gasteiger partial charge in [0, 0.05) is 27.7 Å². The Morgan fingerprint density at radius 2 is 2.16 bits per heavy atom. The summed E-state index contributed by atoms with van der Waals surface area (Å²) in [7, 11) is 0. The maximum absolute atomic E-state index is 10.6. The van der Waals surface area contributed by atoms with Gasteiger partial charge < -0.3 is 5.11 Å². The van der Waals surface area contributed by atoms with E-state index in [1.807, 2.05) is 11.8 Å². The van der Waals surface area contributed by atoms with Crippen molar-refractivity contribution in [1.82, 2.24) is 4.90 Å². The van der Waals surface area contributed by atoms with Gasteiger partial charge in [0.1, 0.15) is 0 Å². The van der Waals surface area contributed by atoms with E-state index in [1.165, 1.54) is 17.7 Å². The Morgan fingerprint density at radius 1 is 1.42 bits per heavy atom. The molecule has 1 aromatic rings. The van der Waals surface area contributed by atoms with Gasteiger partial charge in [-0.3, -0.25) is 9.69 Å². The minimum Gasteiger partial charge on any atom is -0.481 e. The predicted octanol–water partition coefficient (Wildman–Crippen LogP) is 3.48. The number of halogens is 1. The number of hydrogen-bond acceptors (Lipinski definition) is 3. The summed E-state index contributed by atoms with van der Waals surface area (Å²) in [5, 5.41) is 8.76. The molecule has 1 heterocycles. The van der Waals surface area contributed by atoms with Crippen molar-refractivity contribution in [2.75, 3.05) is 18.8 Å². The number of carbonyl (C=O) groups is 1. The number of hydrogen-bond donors (Lipinski definition) is 1. The Hall–Kier alpha value is -0.520. The highest BCUT2D eigenvalue weighted by molar-refractivity contribution is 9.10. The highest BCUT2D eigenvalue weighted by atomic mass is 79.9. The van der Waals surface area contributed by atoms with Gasteiger partial charge in [-0.1, -0.05) is 15.9 Å². The fourth-order valence-electron chi connectivity index (χ4n) is 2.34. The summed E-state index contributed by atoms with van der Waals surface area (Å²) in [6.45, 7) is 1.72. The molecule has 1 N–H and O–H groups in total. The van der Waals surface area contributed by atoms with Gasteiger partial charge in [0.2, 0.25) is 0 Å². The minimum absolute atomic E-state index is 0.249. The van der Waals surface area contributed by atoms with Gasteiger partial charge in [0.15, 0.2) is 0 Å². The number of carboxylic acid groups (broad SMARTS) is 1. The Labute approximate surface area is 126 Å². The first-order valence-electron chi connectivity index (χ1n) is 6.49. The Bertz CT molecular complexity index is 424. The zero-order chi connectivity index (χ0) is 13.7. The number of aliphatic carboxylic acids is 1. The number of benzene rings is 1. The highest BCUT2D eigenvalue weighted by Crippen LogP contribution is 2.26. The molecular weight excluding hydrogens is 326 g/mol. The summed E-state index contributed by atoms with van der Waals surface area (Å²) in [6.07, 6.45) is 2.62. The first kappa shape index (κ1) is 14.9. The standard InChI is InChI=1S/C14H18BrNO2S/c15-11-3-5-13(6-4-11)19-10-12-2-1-8-16(12)9-7-14(17)18/h3-6,12H,1-2,7-10H2,(H,17,18)/t12-/m1/s1. The van der Waals surface area contributed by atoms with Crippen LogP contribution in [0.4, 0.5) is 0 Å². The summed E-state index contributed by atoms with van der Waals surface area (Å²) in [4.78, 5) is 14.2. The molecule has 19 heavy (non-hydrogen) atoms. The lowest BCUT2D eigenvalue weighted by atomic mass is 10.2. The van der Waals surface area contributed by atoms with E-state index in [0.717, 1.165) is 16.8 Å². The molecule has 1 fully saturated rings. The first-order chi connectivity index (χ1) is 9.15. The van der Waals surface area contributed by atoms with Crippen molar-refractivity contribution in [2.24, 2.45) is 0 Å². The lowest BCUT2D eigenvalue weighted by molar-refractivity contribution is -0.137. The van der Waals surface area contributed by atoms with Crippen LogP contribution in [0.15, 0.2) is 33.6 Å². The predicted molar refractivity (Wildman–Crippen MR) is 81.7 cm³/mol. The topological polar surface area (TPSA) is 40.5 Å². The number of carboxylic acids is 1. The maximum atomic E-state index is 10.6. The molecule has 0 saturated carbocycles. The van der Waals surface area contributed by atoms with E-state index >= 15 is 0 Å². The van der Waals surface area contributed by atoms with Crippen molar-refractivity contribution >= 4 is 33.7 Å². The van der Waals surface area contributed by atoms with E-state index in [9.17, 15) is 4.79 Å². The molecule has 0 amide bonds. The average molecular weight is 344 g/mol. The molecule has 1 atom stereocenters. The summed E-state index contributed by atoms with van der Waals surface area (Å²) in [6, 6.07) is 8.86. The van der Waals surface area contributed by atoms with Gasteiger partial charge in [-0.2, -0.15) is 0 Å². The van der Waals surface area contributed by atoms with Gasteiger partial charge in [-0.15, -0.1) is 11.8 Å². The molecule has 0 aromatic heterocycles. The van der Waals surface area contributed by atoms with Crippen molar-refractivity contribution in [3.63, 3.8) is 0 Å². The summed E-state index contributed by atoms with van der Waals surface area (Å²) >= 11 is 5.29. The molecule has 1 aliphatic heterocycles. The van der Waals surface area contributed by atoms with Crippen LogP contribution in [0.25, 0.3) is 0 Å². The molecule has 0 radical (unpaired) electrons. The van der Waals surface area contributed by atoms with Crippen LogP contribution in [0.2, 0.25) is 0 Å². The van der Waals surface area contributed by atoms with Gasteiger partial charge >= 0.3 is 5.97 Å². The fraction of sp³-hybridized carbons (Fsp3) is 0.500. The van der Waals surface area contributed by atoms with Crippen molar-refractivity contribution in [1.29, 1.82) is 0 Å². The first-order valence-corrected chi connectivity index (χ1v) is 8.27. The van der Waals surface area contributed by atoms with Crippen molar-refractivity contribution < 1.29 is 9.90 Å². The second kappa shape index (κ2) is 7.31. The van der Waals surface area contributed by atoms with Crippen molar-refractivity contribution in [3.8, 4) is 0 Å². The fourth-order valence-corrected chi connectivity index (χ4v) is 3.70. The van der Waals surface area contributed by atoms with Gasteiger partial charge in [-0.05, 0) is 43.7 Å². The average Bonchev–Trinajstić information content (AvgIpc) is 2.83. The van der Waals surface area contributed by atoms with E-state index in [2.05, 4.69) is 45.1 Å². The van der Waals surface area contributed by atoms with Gasteiger partial charge in [0.25, 0.3) is 0 Å². The molecule has 2 rings (SSSR count). The molecule has 1 aliphatic rings. The molecule has 5 heteroatoms. The maximum Gasteiger partial charge on any atom is 0.304 e. The number of thioether (sulfide) groups is 1. The van der Waals surface area contributed by atoms with E-state index in [1.54, 1.807) is 0 Å². The Kier molecular flexibility index (Phi) is 5.73. The van der Waals surface area contributed by atoms with Crippen LogP contribution in [0.3, 0.4) is 0 Å². The largest absolute Gasteiger partial charge is 0.481 e. The van der Waals surface area contributed by atoms with Crippen LogP contribution >= 0.6 is 27.7 Å². The van der Waals surface area contributed by atoms with E-state index < -0.39 is 5.97 Å². The van der Waals surface area contributed by atoms with E-state index in [0.29, 0.717) is 12.6 Å². The Balaban J connectivity index is 1.80. The number of nitrogens with zero attached hydrogens (tertiary/aromatic N) is 1. The molecule has 0 unspecified atom stereocenters. The van der Waals surface area contributed by atoms with Crippen LogP contribution in [-0.2, 0) is 4.79 Å². The molecule has 0 aliphatic carbocycles.